The SMILES string of the molecule is C=CCN(CC=C)C(=O)Cc1ccccc1OC. The van der Waals surface area contributed by atoms with E-state index >= 15 is 0 Å². The van der Waals surface area contributed by atoms with Crippen LogP contribution in [-0.2, 0) is 11.2 Å². The molecule has 0 aromatic heterocycles. The zero-order valence-electron chi connectivity index (χ0n) is 10.8. The first-order valence-electron chi connectivity index (χ1n) is 5.84. The summed E-state index contributed by atoms with van der Waals surface area (Å²) in [4.78, 5) is 13.8. The molecule has 0 fully saturated rings. The van der Waals surface area contributed by atoms with Crippen LogP contribution in [-0.4, -0.2) is 31.0 Å². The average Bonchev–Trinajstić information content (AvgIpc) is 2.39. The molecule has 0 saturated heterocycles. The topological polar surface area (TPSA) is 29.5 Å². The normalized spacial score (nSPS) is 9.61. The van der Waals surface area contributed by atoms with Crippen LogP contribution in [0.2, 0.25) is 0 Å². The van der Waals surface area contributed by atoms with Gasteiger partial charge in [-0.25, -0.2) is 0 Å². The number of methoxy groups -OCH3 is 1. The van der Waals surface area contributed by atoms with Gasteiger partial charge in [0.1, 0.15) is 5.75 Å². The van der Waals surface area contributed by atoms with E-state index in [0.717, 1.165) is 11.3 Å². The van der Waals surface area contributed by atoms with Crippen molar-refractivity contribution < 1.29 is 9.53 Å². The van der Waals surface area contributed by atoms with Crippen LogP contribution in [0.4, 0.5) is 0 Å². The molecule has 3 nitrogen and oxygen atoms in total. The van der Waals surface area contributed by atoms with Crippen molar-refractivity contribution in [2.45, 2.75) is 6.42 Å². The zero-order valence-corrected chi connectivity index (χ0v) is 10.8. The van der Waals surface area contributed by atoms with Gasteiger partial charge in [0.15, 0.2) is 0 Å². The maximum Gasteiger partial charge on any atom is 0.227 e. The molecule has 0 spiro atoms. The van der Waals surface area contributed by atoms with Crippen molar-refractivity contribution in [3.63, 3.8) is 0 Å². The van der Waals surface area contributed by atoms with Gasteiger partial charge in [0, 0.05) is 18.7 Å². The lowest BCUT2D eigenvalue weighted by atomic mass is 10.1. The molecule has 0 aliphatic heterocycles. The molecule has 3 heteroatoms. The van der Waals surface area contributed by atoms with Crippen LogP contribution in [0.25, 0.3) is 0 Å². The fourth-order valence-corrected chi connectivity index (χ4v) is 1.71. The minimum Gasteiger partial charge on any atom is -0.496 e. The number of rotatable bonds is 7. The molecule has 0 aliphatic rings. The van der Waals surface area contributed by atoms with E-state index in [0.29, 0.717) is 19.5 Å². The molecule has 1 aromatic carbocycles. The average molecular weight is 245 g/mol. The third-order valence-corrected chi connectivity index (χ3v) is 2.59. The summed E-state index contributed by atoms with van der Waals surface area (Å²) in [5.41, 5.74) is 0.892. The first kappa shape index (κ1) is 14.0. The largest absolute Gasteiger partial charge is 0.496 e. The van der Waals surface area contributed by atoms with Crippen molar-refractivity contribution in [2.75, 3.05) is 20.2 Å². The second-order valence-corrected chi connectivity index (χ2v) is 3.86. The highest BCUT2D eigenvalue weighted by molar-refractivity contribution is 5.79. The number of para-hydroxylation sites is 1. The molecule has 18 heavy (non-hydrogen) atoms. The third-order valence-electron chi connectivity index (χ3n) is 2.59. The predicted octanol–water partition coefficient (Wildman–Crippen LogP) is 2.44. The molecular weight excluding hydrogens is 226 g/mol. The van der Waals surface area contributed by atoms with Gasteiger partial charge in [0.05, 0.1) is 13.5 Å². The van der Waals surface area contributed by atoms with Crippen molar-refractivity contribution >= 4 is 5.91 Å². The van der Waals surface area contributed by atoms with E-state index < -0.39 is 0 Å². The van der Waals surface area contributed by atoms with Crippen LogP contribution < -0.4 is 4.74 Å². The van der Waals surface area contributed by atoms with Gasteiger partial charge in [0.25, 0.3) is 0 Å². The third kappa shape index (κ3) is 3.77. The van der Waals surface area contributed by atoms with Crippen molar-refractivity contribution in [3.8, 4) is 5.75 Å². The van der Waals surface area contributed by atoms with Crippen LogP contribution in [0.3, 0.4) is 0 Å². The van der Waals surface area contributed by atoms with Gasteiger partial charge in [0.2, 0.25) is 5.91 Å². The molecular formula is C15H19NO2. The van der Waals surface area contributed by atoms with Crippen molar-refractivity contribution in [1.82, 2.24) is 4.90 Å². The molecule has 1 aromatic rings. The summed E-state index contributed by atoms with van der Waals surface area (Å²) < 4.78 is 5.23. The Morgan fingerprint density at radius 2 is 1.89 bits per heavy atom. The monoisotopic (exact) mass is 245 g/mol. The second-order valence-electron chi connectivity index (χ2n) is 3.86. The number of benzene rings is 1. The van der Waals surface area contributed by atoms with Crippen LogP contribution in [0.15, 0.2) is 49.6 Å². The highest BCUT2D eigenvalue weighted by Crippen LogP contribution is 2.18. The Kier molecular flexibility index (Phi) is 5.71. The van der Waals surface area contributed by atoms with Gasteiger partial charge in [-0.05, 0) is 6.07 Å². The lowest BCUT2D eigenvalue weighted by molar-refractivity contribution is -0.129. The van der Waals surface area contributed by atoms with E-state index in [1.165, 1.54) is 0 Å². The quantitative estimate of drug-likeness (QED) is 0.690. The van der Waals surface area contributed by atoms with Gasteiger partial charge in [-0.2, -0.15) is 0 Å². The van der Waals surface area contributed by atoms with Crippen molar-refractivity contribution in [2.24, 2.45) is 0 Å². The first-order chi connectivity index (χ1) is 8.72. The lowest BCUT2D eigenvalue weighted by Crippen LogP contribution is -2.32. The van der Waals surface area contributed by atoms with Gasteiger partial charge < -0.3 is 9.64 Å². The highest BCUT2D eigenvalue weighted by Gasteiger charge is 2.13. The molecule has 1 amide bonds. The van der Waals surface area contributed by atoms with E-state index in [9.17, 15) is 4.79 Å². The number of ether oxygens (including phenoxy) is 1. The maximum absolute atomic E-state index is 12.1. The summed E-state index contributed by atoms with van der Waals surface area (Å²) in [5, 5.41) is 0. The Balaban J connectivity index is 2.78. The zero-order chi connectivity index (χ0) is 13.4. The standard InChI is InChI=1S/C15H19NO2/c1-4-10-16(11-5-2)15(17)12-13-8-6-7-9-14(13)18-3/h4-9H,1-2,10-12H2,3H3. The van der Waals surface area contributed by atoms with E-state index in [1.807, 2.05) is 24.3 Å². The summed E-state index contributed by atoms with van der Waals surface area (Å²) in [6, 6.07) is 7.54. The van der Waals surface area contributed by atoms with Crippen LogP contribution in [0.1, 0.15) is 5.56 Å². The number of nitrogens with zero attached hydrogens (tertiary/aromatic N) is 1. The van der Waals surface area contributed by atoms with Gasteiger partial charge in [-0.1, -0.05) is 30.4 Å². The fourth-order valence-electron chi connectivity index (χ4n) is 1.71. The van der Waals surface area contributed by atoms with Gasteiger partial charge in [-0.15, -0.1) is 13.2 Å². The van der Waals surface area contributed by atoms with Crippen LogP contribution in [0, 0.1) is 0 Å². The number of hydrogen-bond donors (Lipinski definition) is 0. The minimum atomic E-state index is 0.0410. The van der Waals surface area contributed by atoms with E-state index in [1.54, 1.807) is 24.2 Å². The summed E-state index contributed by atoms with van der Waals surface area (Å²) in [5.74, 6) is 0.780. The van der Waals surface area contributed by atoms with Crippen LogP contribution in [0.5, 0.6) is 5.75 Å². The summed E-state index contributed by atoms with van der Waals surface area (Å²) in [6.07, 6.45) is 3.75. The molecule has 0 atom stereocenters. The molecule has 96 valence electrons. The number of carbonyl (C=O) groups excluding carboxylic acids is 1. The lowest BCUT2D eigenvalue weighted by Gasteiger charge is -2.19. The Hall–Kier alpha value is -2.03. The summed E-state index contributed by atoms with van der Waals surface area (Å²) in [7, 11) is 1.61. The Morgan fingerprint density at radius 3 is 2.44 bits per heavy atom. The van der Waals surface area contributed by atoms with Gasteiger partial charge in [-0.3, -0.25) is 4.79 Å². The highest BCUT2D eigenvalue weighted by atomic mass is 16.5. The summed E-state index contributed by atoms with van der Waals surface area (Å²) >= 11 is 0. The van der Waals surface area contributed by atoms with Crippen LogP contribution >= 0.6 is 0 Å². The van der Waals surface area contributed by atoms with Gasteiger partial charge >= 0.3 is 0 Å². The minimum absolute atomic E-state index is 0.0410. The molecule has 1 rings (SSSR count). The van der Waals surface area contributed by atoms with E-state index in [4.69, 9.17) is 4.74 Å². The molecule has 0 unspecified atom stereocenters. The molecule has 0 N–H and O–H groups in total. The van der Waals surface area contributed by atoms with E-state index in [2.05, 4.69) is 13.2 Å². The molecule has 0 bridgehead atoms. The Labute approximate surface area is 108 Å². The smallest absolute Gasteiger partial charge is 0.227 e. The Bertz CT molecular complexity index is 416. The molecule has 0 heterocycles. The number of amides is 1. The molecule has 0 radical (unpaired) electrons. The summed E-state index contributed by atoms with van der Waals surface area (Å²) in [6.45, 7) is 8.36. The number of carbonyl (C=O) groups is 1. The number of hydrogen-bond acceptors (Lipinski definition) is 2. The van der Waals surface area contributed by atoms with E-state index in [-0.39, 0.29) is 5.91 Å². The second kappa shape index (κ2) is 7.33. The Morgan fingerprint density at radius 1 is 1.28 bits per heavy atom. The fraction of sp³-hybridized carbons (Fsp3) is 0.267. The maximum atomic E-state index is 12.1. The van der Waals surface area contributed by atoms with Crippen molar-refractivity contribution in [3.05, 3.63) is 55.1 Å². The first-order valence-corrected chi connectivity index (χ1v) is 5.84. The van der Waals surface area contributed by atoms with Crippen molar-refractivity contribution in [1.29, 1.82) is 0 Å². The predicted molar refractivity (Wildman–Crippen MR) is 73.7 cm³/mol. The molecule has 0 saturated carbocycles. The molecule has 0 aliphatic carbocycles.